The van der Waals surface area contributed by atoms with E-state index in [0.29, 0.717) is 24.6 Å². The van der Waals surface area contributed by atoms with Crippen LogP contribution in [0.5, 0.6) is 0 Å². The number of hydrogen-bond donors (Lipinski definition) is 2. The van der Waals surface area contributed by atoms with Crippen LogP contribution in [0.4, 0.5) is 0 Å². The van der Waals surface area contributed by atoms with Crippen LogP contribution < -0.4 is 10.6 Å². The minimum absolute atomic E-state index is 0.0121. The lowest BCUT2D eigenvalue weighted by molar-refractivity contribution is -0.128. The smallest absolute Gasteiger partial charge is 0.251 e. The molecule has 5 nitrogen and oxygen atoms in total. The molecule has 1 saturated heterocycles. The molecule has 1 aliphatic heterocycles. The van der Waals surface area contributed by atoms with Crippen LogP contribution in [-0.2, 0) is 16.1 Å². The summed E-state index contributed by atoms with van der Waals surface area (Å²) in [6.07, 6.45) is 1.01. The predicted molar refractivity (Wildman–Crippen MR) is 89.0 cm³/mol. The molecule has 126 valence electrons. The first-order valence-corrected chi connectivity index (χ1v) is 8.09. The van der Waals surface area contributed by atoms with E-state index in [1.54, 1.807) is 12.1 Å². The molecule has 5 heteroatoms. The van der Waals surface area contributed by atoms with Crippen LogP contribution in [0.15, 0.2) is 24.3 Å². The Morgan fingerprint density at radius 1 is 1.17 bits per heavy atom. The average molecular weight is 318 g/mol. The van der Waals surface area contributed by atoms with Gasteiger partial charge in [-0.2, -0.15) is 0 Å². The molecule has 0 saturated carbocycles. The number of rotatable bonds is 5. The summed E-state index contributed by atoms with van der Waals surface area (Å²) in [5.41, 5.74) is 1.21. The fourth-order valence-electron chi connectivity index (χ4n) is 2.30. The minimum Gasteiger partial charge on any atom is -0.381 e. The molecule has 1 aliphatic rings. The zero-order chi connectivity index (χ0) is 16.9. The largest absolute Gasteiger partial charge is 0.381 e. The molecule has 1 aromatic carbocycles. The average Bonchev–Trinajstić information content (AvgIpc) is 3.03. The Labute approximate surface area is 137 Å². The minimum atomic E-state index is -0.399. The van der Waals surface area contributed by atoms with Crippen molar-refractivity contribution >= 4 is 11.8 Å². The summed E-state index contributed by atoms with van der Waals surface area (Å²) in [6.45, 7) is 8.28. The normalized spacial score (nSPS) is 17.8. The van der Waals surface area contributed by atoms with Gasteiger partial charge in [0.05, 0.1) is 6.61 Å². The van der Waals surface area contributed by atoms with E-state index in [1.807, 2.05) is 32.9 Å². The molecule has 1 fully saturated rings. The van der Waals surface area contributed by atoms with Gasteiger partial charge in [0.2, 0.25) is 5.91 Å². The highest BCUT2D eigenvalue weighted by molar-refractivity contribution is 5.94. The zero-order valence-electron chi connectivity index (χ0n) is 14.1. The van der Waals surface area contributed by atoms with E-state index >= 15 is 0 Å². The summed E-state index contributed by atoms with van der Waals surface area (Å²) in [6, 6.07) is 7.32. The number of carbonyl (C=O) groups is 2. The molecule has 23 heavy (non-hydrogen) atoms. The van der Waals surface area contributed by atoms with Gasteiger partial charge >= 0.3 is 0 Å². The van der Waals surface area contributed by atoms with Gasteiger partial charge < -0.3 is 15.4 Å². The van der Waals surface area contributed by atoms with E-state index < -0.39 is 5.41 Å². The molecule has 0 radical (unpaired) electrons. The predicted octanol–water partition coefficient (Wildman–Crippen LogP) is 2.12. The lowest BCUT2D eigenvalue weighted by atomic mass is 9.95. The second-order valence-electron chi connectivity index (χ2n) is 7.07. The molecule has 0 bridgehead atoms. The Hall–Kier alpha value is -1.88. The molecule has 2 rings (SSSR count). The highest BCUT2D eigenvalue weighted by Gasteiger charge is 2.20. The third-order valence-corrected chi connectivity index (χ3v) is 3.93. The van der Waals surface area contributed by atoms with Gasteiger partial charge in [0, 0.05) is 36.6 Å². The number of hydrogen-bond acceptors (Lipinski definition) is 3. The molecule has 1 heterocycles. The van der Waals surface area contributed by atoms with Gasteiger partial charge in [0.15, 0.2) is 0 Å². The maximum absolute atomic E-state index is 12.1. The van der Waals surface area contributed by atoms with E-state index in [1.165, 1.54) is 0 Å². The summed E-state index contributed by atoms with van der Waals surface area (Å²) < 4.78 is 5.30. The number of nitrogens with one attached hydrogen (secondary N) is 2. The van der Waals surface area contributed by atoms with E-state index in [-0.39, 0.29) is 11.8 Å². The van der Waals surface area contributed by atoms with Gasteiger partial charge in [-0.05, 0) is 24.1 Å². The van der Waals surface area contributed by atoms with Crippen LogP contribution in [0.2, 0.25) is 0 Å². The zero-order valence-corrected chi connectivity index (χ0v) is 14.1. The number of amides is 2. The van der Waals surface area contributed by atoms with Gasteiger partial charge in [0.1, 0.15) is 0 Å². The maximum Gasteiger partial charge on any atom is 0.251 e. The molecule has 0 unspecified atom stereocenters. The Morgan fingerprint density at radius 2 is 1.87 bits per heavy atom. The summed E-state index contributed by atoms with van der Waals surface area (Å²) in [5, 5.41) is 5.84. The Morgan fingerprint density at radius 3 is 2.43 bits per heavy atom. The quantitative estimate of drug-likeness (QED) is 0.874. The first-order valence-electron chi connectivity index (χ1n) is 8.09. The number of carbonyl (C=O) groups excluding carboxylic acids is 2. The molecule has 2 N–H and O–H groups in total. The molecular weight excluding hydrogens is 292 g/mol. The van der Waals surface area contributed by atoms with Crippen molar-refractivity contribution in [3.8, 4) is 0 Å². The van der Waals surface area contributed by atoms with Crippen LogP contribution in [0.1, 0.15) is 43.1 Å². The standard InChI is InChI=1S/C18H26N2O3/c1-18(2,3)17(22)20-10-13-4-6-15(7-5-13)16(21)19-11-14-8-9-23-12-14/h4-7,14H,8-12H2,1-3H3,(H,19,21)(H,20,22)/t14-/m1/s1. The summed E-state index contributed by atoms with van der Waals surface area (Å²) in [4.78, 5) is 23.9. The second-order valence-corrected chi connectivity index (χ2v) is 7.07. The Kier molecular flexibility index (Phi) is 5.77. The van der Waals surface area contributed by atoms with Crippen LogP contribution in [0.3, 0.4) is 0 Å². The van der Waals surface area contributed by atoms with E-state index in [0.717, 1.165) is 25.2 Å². The first kappa shape index (κ1) is 17.5. The summed E-state index contributed by atoms with van der Waals surface area (Å²) in [5.74, 6) is 0.367. The van der Waals surface area contributed by atoms with Crippen LogP contribution >= 0.6 is 0 Å². The lowest BCUT2D eigenvalue weighted by Gasteiger charge is -2.17. The van der Waals surface area contributed by atoms with Crippen molar-refractivity contribution in [2.75, 3.05) is 19.8 Å². The first-order chi connectivity index (χ1) is 10.9. The second kappa shape index (κ2) is 7.59. The SMILES string of the molecule is CC(C)(C)C(=O)NCc1ccc(C(=O)NC[C@H]2CCOC2)cc1. The van der Waals surface area contributed by atoms with Crippen LogP contribution in [0, 0.1) is 11.3 Å². The van der Waals surface area contributed by atoms with Crippen molar-refractivity contribution in [3.63, 3.8) is 0 Å². The summed E-state index contributed by atoms with van der Waals surface area (Å²) in [7, 11) is 0. The van der Waals surface area contributed by atoms with Crippen molar-refractivity contribution in [2.45, 2.75) is 33.7 Å². The Balaban J connectivity index is 1.81. The maximum atomic E-state index is 12.1. The van der Waals surface area contributed by atoms with Crippen molar-refractivity contribution in [1.29, 1.82) is 0 Å². The Bertz CT molecular complexity index is 540. The molecule has 1 atom stereocenters. The lowest BCUT2D eigenvalue weighted by Crippen LogP contribution is -2.34. The van der Waals surface area contributed by atoms with Crippen molar-refractivity contribution in [3.05, 3.63) is 35.4 Å². The molecule has 0 aliphatic carbocycles. The molecule has 1 aromatic rings. The van der Waals surface area contributed by atoms with Crippen molar-refractivity contribution < 1.29 is 14.3 Å². The van der Waals surface area contributed by atoms with Gasteiger partial charge in [-0.3, -0.25) is 9.59 Å². The van der Waals surface area contributed by atoms with Crippen LogP contribution in [-0.4, -0.2) is 31.6 Å². The van der Waals surface area contributed by atoms with E-state index in [4.69, 9.17) is 4.74 Å². The van der Waals surface area contributed by atoms with Crippen LogP contribution in [0.25, 0.3) is 0 Å². The third kappa shape index (κ3) is 5.36. The monoisotopic (exact) mass is 318 g/mol. The fourth-order valence-corrected chi connectivity index (χ4v) is 2.30. The van der Waals surface area contributed by atoms with E-state index in [9.17, 15) is 9.59 Å². The van der Waals surface area contributed by atoms with Gasteiger partial charge in [-0.15, -0.1) is 0 Å². The molecular formula is C18H26N2O3. The van der Waals surface area contributed by atoms with Crippen molar-refractivity contribution in [2.24, 2.45) is 11.3 Å². The number of benzene rings is 1. The summed E-state index contributed by atoms with van der Waals surface area (Å²) >= 11 is 0. The highest BCUT2D eigenvalue weighted by Crippen LogP contribution is 2.13. The molecule has 2 amide bonds. The van der Waals surface area contributed by atoms with Gasteiger partial charge in [0.25, 0.3) is 5.91 Å². The topological polar surface area (TPSA) is 67.4 Å². The van der Waals surface area contributed by atoms with Crippen molar-refractivity contribution in [1.82, 2.24) is 10.6 Å². The van der Waals surface area contributed by atoms with E-state index in [2.05, 4.69) is 10.6 Å². The fraction of sp³-hybridized carbons (Fsp3) is 0.556. The van der Waals surface area contributed by atoms with Gasteiger partial charge in [-0.1, -0.05) is 32.9 Å². The highest BCUT2D eigenvalue weighted by atomic mass is 16.5. The molecule has 0 spiro atoms. The van der Waals surface area contributed by atoms with Gasteiger partial charge in [-0.25, -0.2) is 0 Å². The number of ether oxygens (including phenoxy) is 1. The molecule has 0 aromatic heterocycles. The third-order valence-electron chi connectivity index (χ3n) is 3.93.